The van der Waals surface area contributed by atoms with E-state index in [0.717, 1.165) is 44.2 Å². The fraction of sp³-hybridized carbons (Fsp3) is 0.231. The quantitative estimate of drug-likeness (QED) is 0.616. The SMILES string of the molecule is C(=C\c1ccccc1)/CN1CCN(C2c3ccccc3Oc3ccccc32)CC1. The third kappa shape index (κ3) is 3.84. The van der Waals surface area contributed by atoms with Crippen LogP contribution in [-0.4, -0.2) is 42.5 Å². The van der Waals surface area contributed by atoms with E-state index in [0.29, 0.717) is 0 Å². The van der Waals surface area contributed by atoms with Gasteiger partial charge in [0.1, 0.15) is 11.5 Å². The lowest BCUT2D eigenvalue weighted by molar-refractivity contribution is 0.113. The Bertz CT molecular complexity index is 945. The Morgan fingerprint density at radius 1 is 0.724 bits per heavy atom. The first-order chi connectivity index (χ1) is 14.4. The third-order valence-corrected chi connectivity index (χ3v) is 5.89. The number of hydrogen-bond donors (Lipinski definition) is 0. The van der Waals surface area contributed by atoms with Gasteiger partial charge in [0, 0.05) is 43.9 Å². The molecule has 0 unspecified atom stereocenters. The Morgan fingerprint density at radius 2 is 1.31 bits per heavy atom. The number of fused-ring (bicyclic) bond motifs is 2. The van der Waals surface area contributed by atoms with Crippen molar-refractivity contribution in [2.75, 3.05) is 32.7 Å². The van der Waals surface area contributed by atoms with Crippen LogP contribution in [0, 0.1) is 0 Å². The lowest BCUT2D eigenvalue weighted by Gasteiger charge is -2.41. The summed E-state index contributed by atoms with van der Waals surface area (Å²) in [5.41, 5.74) is 3.83. The van der Waals surface area contributed by atoms with Crippen LogP contribution in [-0.2, 0) is 0 Å². The highest BCUT2D eigenvalue weighted by atomic mass is 16.5. The van der Waals surface area contributed by atoms with Crippen molar-refractivity contribution in [2.24, 2.45) is 0 Å². The molecule has 2 aliphatic heterocycles. The van der Waals surface area contributed by atoms with E-state index in [2.05, 4.69) is 101 Å². The molecule has 3 aromatic carbocycles. The zero-order valence-corrected chi connectivity index (χ0v) is 16.6. The van der Waals surface area contributed by atoms with E-state index < -0.39 is 0 Å². The normalized spacial score (nSPS) is 17.7. The molecule has 3 aromatic rings. The molecule has 0 atom stereocenters. The Labute approximate surface area is 172 Å². The van der Waals surface area contributed by atoms with Crippen LogP contribution in [0.1, 0.15) is 22.7 Å². The van der Waals surface area contributed by atoms with Gasteiger partial charge in [-0.15, -0.1) is 0 Å². The molecule has 2 heterocycles. The van der Waals surface area contributed by atoms with Gasteiger partial charge in [0.25, 0.3) is 0 Å². The molecule has 0 N–H and O–H groups in total. The van der Waals surface area contributed by atoms with Crippen LogP contribution in [0.3, 0.4) is 0 Å². The van der Waals surface area contributed by atoms with Crippen molar-refractivity contribution in [3.8, 4) is 11.5 Å². The van der Waals surface area contributed by atoms with Gasteiger partial charge >= 0.3 is 0 Å². The maximum absolute atomic E-state index is 6.17. The first-order valence-corrected chi connectivity index (χ1v) is 10.4. The maximum Gasteiger partial charge on any atom is 0.132 e. The van der Waals surface area contributed by atoms with Crippen molar-refractivity contribution in [1.82, 2.24) is 9.80 Å². The summed E-state index contributed by atoms with van der Waals surface area (Å²) in [6, 6.07) is 27.7. The van der Waals surface area contributed by atoms with Crippen molar-refractivity contribution in [3.05, 3.63) is 102 Å². The molecule has 0 aromatic heterocycles. The monoisotopic (exact) mass is 382 g/mol. The van der Waals surface area contributed by atoms with E-state index in [1.54, 1.807) is 0 Å². The van der Waals surface area contributed by atoms with Gasteiger partial charge < -0.3 is 4.74 Å². The molecule has 5 rings (SSSR count). The first-order valence-electron chi connectivity index (χ1n) is 10.4. The van der Waals surface area contributed by atoms with Crippen LogP contribution in [0.2, 0.25) is 0 Å². The number of benzene rings is 3. The van der Waals surface area contributed by atoms with Gasteiger partial charge in [0.05, 0.1) is 6.04 Å². The first kappa shape index (κ1) is 18.2. The van der Waals surface area contributed by atoms with Crippen LogP contribution < -0.4 is 4.74 Å². The van der Waals surface area contributed by atoms with Crippen molar-refractivity contribution in [2.45, 2.75) is 6.04 Å². The van der Waals surface area contributed by atoms with Crippen LogP contribution >= 0.6 is 0 Å². The van der Waals surface area contributed by atoms with Crippen LogP contribution in [0.15, 0.2) is 84.9 Å². The molecular weight excluding hydrogens is 356 g/mol. The highest BCUT2D eigenvalue weighted by molar-refractivity contribution is 5.53. The number of para-hydroxylation sites is 2. The average molecular weight is 383 g/mol. The summed E-state index contributed by atoms with van der Waals surface area (Å²) in [5, 5.41) is 0. The lowest BCUT2D eigenvalue weighted by atomic mass is 9.92. The Morgan fingerprint density at radius 3 is 1.97 bits per heavy atom. The largest absolute Gasteiger partial charge is 0.457 e. The fourth-order valence-corrected chi connectivity index (χ4v) is 4.38. The molecule has 3 nitrogen and oxygen atoms in total. The molecule has 2 aliphatic rings. The van der Waals surface area contributed by atoms with Crippen molar-refractivity contribution < 1.29 is 4.74 Å². The minimum absolute atomic E-state index is 0.276. The minimum atomic E-state index is 0.276. The van der Waals surface area contributed by atoms with Gasteiger partial charge in [-0.25, -0.2) is 0 Å². The predicted octanol–water partition coefficient (Wildman–Crippen LogP) is 5.21. The van der Waals surface area contributed by atoms with E-state index >= 15 is 0 Å². The third-order valence-electron chi connectivity index (χ3n) is 5.89. The van der Waals surface area contributed by atoms with E-state index in [4.69, 9.17) is 4.74 Å². The highest BCUT2D eigenvalue weighted by Crippen LogP contribution is 2.45. The van der Waals surface area contributed by atoms with Gasteiger partial charge in [-0.1, -0.05) is 78.9 Å². The molecular formula is C26H26N2O. The van der Waals surface area contributed by atoms with Gasteiger partial charge in [0.15, 0.2) is 0 Å². The number of piperazine rings is 1. The standard InChI is InChI=1S/C26H26N2O/c1-2-9-21(10-3-1)11-8-16-27-17-19-28(20-18-27)26-22-12-4-6-14-24(22)29-25-15-7-5-13-23(25)26/h1-15,26H,16-20H2/b11-8+. The molecule has 3 heteroatoms. The van der Waals surface area contributed by atoms with Crippen LogP contribution in [0.25, 0.3) is 6.08 Å². The maximum atomic E-state index is 6.17. The average Bonchev–Trinajstić information content (AvgIpc) is 2.79. The Kier molecular flexibility index (Phi) is 5.16. The van der Waals surface area contributed by atoms with E-state index in [-0.39, 0.29) is 6.04 Å². The molecule has 0 radical (unpaired) electrons. The molecule has 0 aliphatic carbocycles. The summed E-state index contributed by atoms with van der Waals surface area (Å²) < 4.78 is 6.17. The topological polar surface area (TPSA) is 15.7 Å². The van der Waals surface area contributed by atoms with E-state index in [9.17, 15) is 0 Å². The molecule has 1 saturated heterocycles. The smallest absolute Gasteiger partial charge is 0.132 e. The highest BCUT2D eigenvalue weighted by Gasteiger charge is 2.33. The molecule has 146 valence electrons. The Balaban J connectivity index is 1.28. The lowest BCUT2D eigenvalue weighted by Crippen LogP contribution is -2.48. The van der Waals surface area contributed by atoms with E-state index in [1.807, 2.05) is 0 Å². The second kappa shape index (κ2) is 8.24. The summed E-state index contributed by atoms with van der Waals surface area (Å²) in [6.07, 6.45) is 4.50. The van der Waals surface area contributed by atoms with Gasteiger partial charge in [-0.05, 0) is 17.7 Å². The van der Waals surface area contributed by atoms with Crippen molar-refractivity contribution in [3.63, 3.8) is 0 Å². The number of ether oxygens (including phenoxy) is 1. The Hall–Kier alpha value is -2.88. The summed E-state index contributed by atoms with van der Waals surface area (Å²) in [5.74, 6) is 1.98. The summed E-state index contributed by atoms with van der Waals surface area (Å²) in [6.45, 7) is 5.30. The van der Waals surface area contributed by atoms with Crippen LogP contribution in [0.5, 0.6) is 11.5 Å². The zero-order chi connectivity index (χ0) is 19.5. The number of rotatable bonds is 4. The molecule has 0 bridgehead atoms. The zero-order valence-electron chi connectivity index (χ0n) is 16.6. The van der Waals surface area contributed by atoms with Crippen molar-refractivity contribution >= 4 is 6.08 Å². The van der Waals surface area contributed by atoms with Gasteiger partial charge in [0.2, 0.25) is 0 Å². The summed E-state index contributed by atoms with van der Waals surface area (Å²) in [4.78, 5) is 5.14. The van der Waals surface area contributed by atoms with Gasteiger partial charge in [-0.3, -0.25) is 9.80 Å². The molecule has 1 fully saturated rings. The summed E-state index contributed by atoms with van der Waals surface area (Å²) in [7, 11) is 0. The molecule has 0 spiro atoms. The second-order valence-corrected chi connectivity index (χ2v) is 7.73. The second-order valence-electron chi connectivity index (χ2n) is 7.73. The number of nitrogens with zero attached hydrogens (tertiary/aromatic N) is 2. The van der Waals surface area contributed by atoms with Crippen molar-refractivity contribution in [1.29, 1.82) is 0 Å². The molecule has 0 amide bonds. The summed E-state index contributed by atoms with van der Waals surface area (Å²) >= 11 is 0. The fourth-order valence-electron chi connectivity index (χ4n) is 4.38. The molecule has 29 heavy (non-hydrogen) atoms. The molecule has 0 saturated carbocycles. The minimum Gasteiger partial charge on any atom is -0.457 e. The number of hydrogen-bond acceptors (Lipinski definition) is 3. The van der Waals surface area contributed by atoms with Gasteiger partial charge in [-0.2, -0.15) is 0 Å². The van der Waals surface area contributed by atoms with Crippen LogP contribution in [0.4, 0.5) is 0 Å². The predicted molar refractivity (Wildman–Crippen MR) is 118 cm³/mol. The van der Waals surface area contributed by atoms with E-state index in [1.165, 1.54) is 16.7 Å².